The van der Waals surface area contributed by atoms with Gasteiger partial charge < -0.3 is 15.1 Å². The highest BCUT2D eigenvalue weighted by molar-refractivity contribution is 5.79. The molecule has 0 radical (unpaired) electrons. The van der Waals surface area contributed by atoms with E-state index < -0.39 is 66.2 Å². The first-order valence-corrected chi connectivity index (χ1v) is 9.82. The molecule has 1 N–H and O–H groups in total. The van der Waals surface area contributed by atoms with Crippen LogP contribution in [0.4, 0.5) is 48.3 Å². The maximum absolute atomic E-state index is 14.4. The molecule has 1 atom stereocenters. The molecule has 4 heterocycles. The van der Waals surface area contributed by atoms with Crippen LogP contribution in [0.25, 0.3) is 0 Å². The number of hydrogen-bond donors (Lipinski definition) is 1. The van der Waals surface area contributed by atoms with Gasteiger partial charge in [-0.1, -0.05) is 0 Å². The Bertz CT molecular complexity index is 1090. The summed E-state index contributed by atoms with van der Waals surface area (Å²) in [4.78, 5) is 25.1. The molecule has 2 aliphatic heterocycles. The summed E-state index contributed by atoms with van der Waals surface area (Å²) >= 11 is 0. The predicted octanol–water partition coefficient (Wildman–Crippen LogP) is 3.38. The molecule has 0 bridgehead atoms. The second-order valence-corrected chi connectivity index (χ2v) is 7.89. The van der Waals surface area contributed by atoms with Crippen molar-refractivity contribution >= 4 is 23.5 Å². The lowest BCUT2D eigenvalue weighted by Gasteiger charge is -2.38. The summed E-state index contributed by atoms with van der Waals surface area (Å²) in [5.41, 5.74) is -0.402. The summed E-state index contributed by atoms with van der Waals surface area (Å²) in [6, 6.07) is 1.29. The molecule has 2 aromatic rings. The van der Waals surface area contributed by atoms with Gasteiger partial charge in [0.1, 0.15) is 5.82 Å². The molecular weight excluding hydrogens is 461 g/mol. The Labute approximate surface area is 182 Å². The number of nitrogens with zero attached hydrogens (tertiary/aromatic N) is 5. The largest absolute Gasteiger partial charge is 0.337 e. The fraction of sp³-hybridized carbons (Fsp3) is 0.474. The van der Waals surface area contributed by atoms with E-state index in [0.717, 1.165) is 16.7 Å². The minimum absolute atomic E-state index is 0.0380. The van der Waals surface area contributed by atoms with Crippen molar-refractivity contribution in [3.05, 3.63) is 34.9 Å². The Balaban J connectivity index is 1.66. The van der Waals surface area contributed by atoms with Crippen LogP contribution >= 0.6 is 0 Å². The van der Waals surface area contributed by atoms with Crippen LogP contribution in [0, 0.1) is 24.5 Å². The standard InChI is InChI=1S/C19H17F7N6O/c1-8-12(20)15(24)30-16(13(8)21)28-11-4-10(9-2-3-31(5-9)17(33)14(22)23)27-18(29-11)32-6-19(25,26)7-32/h4,9,14H,2-3,5-7H2,1H3,(H,27,28,29,30). The molecule has 178 valence electrons. The summed E-state index contributed by atoms with van der Waals surface area (Å²) < 4.78 is 93.8. The molecule has 0 aliphatic carbocycles. The number of amides is 1. The zero-order valence-electron chi connectivity index (χ0n) is 17.1. The molecule has 1 unspecified atom stereocenters. The highest BCUT2D eigenvalue weighted by Gasteiger charge is 2.45. The van der Waals surface area contributed by atoms with Gasteiger partial charge in [0.05, 0.1) is 18.8 Å². The Kier molecular flexibility index (Phi) is 5.78. The van der Waals surface area contributed by atoms with Crippen molar-refractivity contribution in [2.75, 3.05) is 36.4 Å². The maximum atomic E-state index is 14.4. The highest BCUT2D eigenvalue weighted by Crippen LogP contribution is 2.34. The second kappa shape index (κ2) is 8.30. The zero-order valence-corrected chi connectivity index (χ0v) is 17.1. The third-order valence-electron chi connectivity index (χ3n) is 5.47. The minimum Gasteiger partial charge on any atom is -0.337 e. The Morgan fingerprint density at radius 2 is 1.85 bits per heavy atom. The minimum atomic E-state index is -3.17. The molecule has 4 rings (SSSR count). The molecule has 0 saturated carbocycles. The molecule has 2 fully saturated rings. The Morgan fingerprint density at radius 1 is 1.15 bits per heavy atom. The Morgan fingerprint density at radius 3 is 2.48 bits per heavy atom. The summed E-state index contributed by atoms with van der Waals surface area (Å²) in [6.07, 6.45) is -2.91. The van der Waals surface area contributed by atoms with Crippen LogP contribution in [-0.4, -0.2) is 64.3 Å². The summed E-state index contributed by atoms with van der Waals surface area (Å²) in [5, 5.41) is 2.40. The van der Waals surface area contributed by atoms with Gasteiger partial charge in [0.2, 0.25) is 5.95 Å². The van der Waals surface area contributed by atoms with Gasteiger partial charge in [-0.25, -0.2) is 22.5 Å². The number of aromatic nitrogens is 3. The smallest absolute Gasteiger partial charge is 0.315 e. The van der Waals surface area contributed by atoms with Crippen LogP contribution in [0.1, 0.15) is 23.6 Å². The van der Waals surface area contributed by atoms with Gasteiger partial charge in [0.25, 0.3) is 17.8 Å². The number of nitrogens with one attached hydrogen (secondary N) is 1. The topological polar surface area (TPSA) is 74.2 Å². The number of pyridine rings is 1. The van der Waals surface area contributed by atoms with E-state index in [1.807, 2.05) is 0 Å². The van der Waals surface area contributed by atoms with E-state index in [1.54, 1.807) is 0 Å². The molecule has 0 aromatic carbocycles. The summed E-state index contributed by atoms with van der Waals surface area (Å²) in [7, 11) is 0. The monoisotopic (exact) mass is 478 g/mol. The summed E-state index contributed by atoms with van der Waals surface area (Å²) in [5.74, 6) is -9.99. The molecule has 33 heavy (non-hydrogen) atoms. The number of anilines is 3. The number of carbonyl (C=O) groups excluding carboxylic acids is 1. The number of halogens is 7. The van der Waals surface area contributed by atoms with Crippen molar-refractivity contribution in [1.82, 2.24) is 19.9 Å². The lowest BCUT2D eigenvalue weighted by Crippen LogP contribution is -2.57. The number of likely N-dealkylation sites (tertiary alicyclic amines) is 1. The van der Waals surface area contributed by atoms with E-state index >= 15 is 0 Å². The average molecular weight is 478 g/mol. The van der Waals surface area contributed by atoms with Crippen molar-refractivity contribution in [1.29, 1.82) is 0 Å². The molecule has 2 saturated heterocycles. The van der Waals surface area contributed by atoms with E-state index in [2.05, 4.69) is 20.3 Å². The van der Waals surface area contributed by atoms with Gasteiger partial charge >= 0.3 is 6.43 Å². The lowest BCUT2D eigenvalue weighted by molar-refractivity contribution is -0.141. The van der Waals surface area contributed by atoms with Crippen molar-refractivity contribution in [2.24, 2.45) is 0 Å². The lowest BCUT2D eigenvalue weighted by atomic mass is 10.0. The third kappa shape index (κ3) is 4.50. The van der Waals surface area contributed by atoms with Crippen molar-refractivity contribution < 1.29 is 35.5 Å². The quantitative estimate of drug-likeness (QED) is 0.525. The average Bonchev–Trinajstić information content (AvgIpc) is 3.23. The number of carbonyl (C=O) groups is 1. The number of hydrogen-bond acceptors (Lipinski definition) is 6. The van der Waals surface area contributed by atoms with E-state index in [0.29, 0.717) is 0 Å². The van der Waals surface area contributed by atoms with E-state index in [9.17, 15) is 35.5 Å². The maximum Gasteiger partial charge on any atom is 0.315 e. The van der Waals surface area contributed by atoms with Crippen LogP contribution in [0.3, 0.4) is 0 Å². The van der Waals surface area contributed by atoms with Crippen molar-refractivity contribution in [2.45, 2.75) is 31.6 Å². The molecule has 7 nitrogen and oxygen atoms in total. The molecule has 2 aliphatic rings. The predicted molar refractivity (Wildman–Crippen MR) is 101 cm³/mol. The van der Waals surface area contributed by atoms with Gasteiger partial charge in [0.15, 0.2) is 17.5 Å². The first kappa shape index (κ1) is 23.0. The van der Waals surface area contributed by atoms with Crippen molar-refractivity contribution in [3.8, 4) is 0 Å². The van der Waals surface area contributed by atoms with E-state index in [4.69, 9.17) is 0 Å². The van der Waals surface area contributed by atoms with Crippen LogP contribution in [0.15, 0.2) is 6.07 Å². The van der Waals surface area contributed by atoms with Gasteiger partial charge in [-0.15, -0.1) is 0 Å². The summed E-state index contributed by atoms with van der Waals surface area (Å²) in [6.45, 7) is -0.393. The molecule has 0 spiro atoms. The van der Waals surface area contributed by atoms with Crippen molar-refractivity contribution in [3.63, 3.8) is 0 Å². The van der Waals surface area contributed by atoms with Crippen LogP contribution in [0.5, 0.6) is 0 Å². The van der Waals surface area contributed by atoms with E-state index in [1.165, 1.54) is 6.07 Å². The van der Waals surface area contributed by atoms with Gasteiger partial charge in [-0.2, -0.15) is 23.1 Å². The van der Waals surface area contributed by atoms with E-state index in [-0.39, 0.29) is 37.0 Å². The number of rotatable bonds is 5. The Hall–Kier alpha value is -3.19. The van der Waals surface area contributed by atoms with Gasteiger partial charge in [-0.05, 0) is 13.3 Å². The third-order valence-corrected chi connectivity index (χ3v) is 5.47. The molecule has 14 heteroatoms. The molecular formula is C19H17F7N6O. The zero-order chi connectivity index (χ0) is 24.1. The SMILES string of the molecule is Cc1c(F)c(F)nc(Nc2cc(C3CCN(C(=O)C(F)F)C3)nc(N3CC(F)(F)C3)n2)c1F. The van der Waals surface area contributed by atoms with Gasteiger partial charge in [-0.3, -0.25) is 4.79 Å². The first-order chi connectivity index (χ1) is 15.4. The van der Waals surface area contributed by atoms with Crippen LogP contribution in [0.2, 0.25) is 0 Å². The van der Waals surface area contributed by atoms with Crippen LogP contribution < -0.4 is 10.2 Å². The normalized spacial score (nSPS) is 19.7. The highest BCUT2D eigenvalue weighted by atomic mass is 19.3. The fourth-order valence-corrected chi connectivity index (χ4v) is 3.69. The fourth-order valence-electron chi connectivity index (χ4n) is 3.69. The van der Waals surface area contributed by atoms with Gasteiger partial charge in [0, 0.05) is 30.6 Å². The molecule has 2 aromatic heterocycles. The first-order valence-electron chi connectivity index (χ1n) is 9.82. The van der Waals surface area contributed by atoms with Crippen LogP contribution in [-0.2, 0) is 4.79 Å². The second-order valence-electron chi connectivity index (χ2n) is 7.89. The number of alkyl halides is 4. The molecule has 1 amide bonds.